The van der Waals surface area contributed by atoms with Gasteiger partial charge >= 0.3 is 0 Å². The lowest BCUT2D eigenvalue weighted by atomic mass is 9.49. The van der Waals surface area contributed by atoms with Crippen LogP contribution >= 0.6 is 0 Å². The molecule has 0 heteroatoms. The van der Waals surface area contributed by atoms with Crippen molar-refractivity contribution in [2.45, 2.75) is 156 Å². The quantitative estimate of drug-likeness (QED) is 0.384. The van der Waals surface area contributed by atoms with Crippen molar-refractivity contribution >= 4 is 0 Å². The molecule has 9 unspecified atom stereocenters. The maximum Gasteiger partial charge on any atom is -0.0319 e. The highest BCUT2D eigenvalue weighted by Crippen LogP contribution is 2.60. The maximum absolute atomic E-state index is 2.62. The van der Waals surface area contributed by atoms with Crippen LogP contribution in [0.4, 0.5) is 0 Å². The van der Waals surface area contributed by atoms with Crippen LogP contribution in [0.3, 0.4) is 0 Å². The van der Waals surface area contributed by atoms with Gasteiger partial charge in [0.15, 0.2) is 0 Å². The average Bonchev–Trinajstić information content (AvgIpc) is 3.36. The van der Waals surface area contributed by atoms with E-state index in [1.165, 1.54) is 70.6 Å². The van der Waals surface area contributed by atoms with Gasteiger partial charge in [-0.3, -0.25) is 0 Å². The highest BCUT2D eigenvalue weighted by atomic mass is 14.6. The summed E-state index contributed by atoms with van der Waals surface area (Å²) in [6.07, 6.45) is 30.5. The monoisotopic (exact) mass is 470 g/mol. The highest BCUT2D eigenvalue weighted by molar-refractivity contribution is 5.01. The Bertz CT molecular complexity index is 552. The number of rotatable bonds is 3. The molecule has 198 valence electrons. The Morgan fingerprint density at radius 1 is 0.500 bits per heavy atom. The van der Waals surface area contributed by atoms with Crippen molar-refractivity contribution in [1.29, 1.82) is 0 Å². The van der Waals surface area contributed by atoms with Gasteiger partial charge in [0.1, 0.15) is 0 Å². The second-order valence-corrected chi connectivity index (χ2v) is 14.1. The first kappa shape index (κ1) is 27.0. The molecule has 0 heterocycles. The van der Waals surface area contributed by atoms with E-state index in [2.05, 4.69) is 27.7 Å². The molecule has 0 aliphatic heterocycles. The molecule has 5 saturated carbocycles. The van der Waals surface area contributed by atoms with Crippen molar-refractivity contribution in [2.75, 3.05) is 0 Å². The van der Waals surface area contributed by atoms with Crippen LogP contribution in [0.5, 0.6) is 0 Å². The van der Waals surface area contributed by atoms with Crippen LogP contribution in [0.1, 0.15) is 156 Å². The second kappa shape index (κ2) is 13.5. The molecule has 0 N–H and O–H groups in total. The molecule has 0 radical (unpaired) electrons. The minimum atomic E-state index is 1.00. The molecule has 0 amide bonds. The van der Waals surface area contributed by atoms with Crippen molar-refractivity contribution in [1.82, 2.24) is 0 Å². The zero-order chi connectivity index (χ0) is 23.9. The van der Waals surface area contributed by atoms with Gasteiger partial charge in [0.25, 0.3) is 0 Å². The molecule has 9 atom stereocenters. The van der Waals surface area contributed by atoms with Crippen molar-refractivity contribution in [3.63, 3.8) is 0 Å². The molecular formula is C34H62. The molecule has 34 heavy (non-hydrogen) atoms. The Hall–Kier alpha value is 0. The summed E-state index contributed by atoms with van der Waals surface area (Å²) in [6.45, 7) is 10.1. The first-order valence-electron chi connectivity index (χ1n) is 16.6. The van der Waals surface area contributed by atoms with Crippen LogP contribution in [0.15, 0.2) is 0 Å². The van der Waals surface area contributed by atoms with Gasteiger partial charge in [-0.2, -0.15) is 0 Å². The fourth-order valence-corrected chi connectivity index (χ4v) is 10.4. The first-order chi connectivity index (χ1) is 16.6. The predicted molar refractivity (Wildman–Crippen MR) is 150 cm³/mol. The summed E-state index contributed by atoms with van der Waals surface area (Å²) in [5, 5.41) is 0. The summed E-state index contributed by atoms with van der Waals surface area (Å²) < 4.78 is 0. The Morgan fingerprint density at radius 2 is 1.09 bits per heavy atom. The minimum absolute atomic E-state index is 1.00. The van der Waals surface area contributed by atoms with Gasteiger partial charge in [-0.15, -0.1) is 0 Å². The van der Waals surface area contributed by atoms with E-state index in [9.17, 15) is 0 Å². The van der Waals surface area contributed by atoms with Crippen LogP contribution < -0.4 is 0 Å². The zero-order valence-corrected chi connectivity index (χ0v) is 23.9. The van der Waals surface area contributed by atoms with E-state index in [1.807, 2.05) is 0 Å². The molecule has 5 fully saturated rings. The highest BCUT2D eigenvalue weighted by Gasteiger charge is 2.52. The van der Waals surface area contributed by atoms with Crippen LogP contribution in [0, 0.1) is 59.2 Å². The summed E-state index contributed by atoms with van der Waals surface area (Å²) in [6, 6.07) is 0. The largest absolute Gasteiger partial charge is 0.0651 e. The van der Waals surface area contributed by atoms with Crippen LogP contribution in [0.2, 0.25) is 0 Å². The predicted octanol–water partition coefficient (Wildman–Crippen LogP) is 11.1. The molecule has 0 saturated heterocycles. The Morgan fingerprint density at radius 3 is 1.79 bits per heavy atom. The van der Waals surface area contributed by atoms with Crippen molar-refractivity contribution in [2.24, 2.45) is 59.2 Å². The lowest BCUT2D eigenvalue weighted by Gasteiger charge is -2.56. The molecule has 0 aromatic heterocycles. The van der Waals surface area contributed by atoms with Gasteiger partial charge in [0.2, 0.25) is 0 Å². The normalized spacial score (nSPS) is 43.9. The van der Waals surface area contributed by atoms with Gasteiger partial charge in [-0.25, -0.2) is 0 Å². The molecular weight excluding hydrogens is 408 g/mol. The van der Waals surface area contributed by atoms with Crippen molar-refractivity contribution in [3.05, 3.63) is 0 Å². The smallest absolute Gasteiger partial charge is 0.0319 e. The topological polar surface area (TPSA) is 0 Å². The van der Waals surface area contributed by atoms with Gasteiger partial charge < -0.3 is 0 Å². The SMILES string of the molecule is CC1CCCCCCCC1.CCC1CCC2CCCCC2C1C1C(CC)C(C)CC2CCCC21. The summed E-state index contributed by atoms with van der Waals surface area (Å²) in [4.78, 5) is 0. The summed E-state index contributed by atoms with van der Waals surface area (Å²) in [7, 11) is 0. The summed E-state index contributed by atoms with van der Waals surface area (Å²) in [5.74, 6) is 10.8. The van der Waals surface area contributed by atoms with Gasteiger partial charge in [-0.1, -0.05) is 124 Å². The third-order valence-electron chi connectivity index (χ3n) is 12.1. The van der Waals surface area contributed by atoms with E-state index in [1.54, 1.807) is 57.8 Å². The molecule has 5 aliphatic rings. The minimum Gasteiger partial charge on any atom is -0.0651 e. The van der Waals surface area contributed by atoms with Crippen molar-refractivity contribution in [3.8, 4) is 0 Å². The fraction of sp³-hybridized carbons (Fsp3) is 1.00. The summed E-state index contributed by atoms with van der Waals surface area (Å²) >= 11 is 0. The molecule has 0 aromatic carbocycles. The number of hydrogen-bond acceptors (Lipinski definition) is 0. The van der Waals surface area contributed by atoms with Gasteiger partial charge in [0.05, 0.1) is 0 Å². The Labute approximate surface area is 215 Å². The van der Waals surface area contributed by atoms with E-state index >= 15 is 0 Å². The van der Waals surface area contributed by atoms with Crippen LogP contribution in [0.25, 0.3) is 0 Å². The van der Waals surface area contributed by atoms with Crippen LogP contribution in [-0.4, -0.2) is 0 Å². The maximum atomic E-state index is 2.62. The standard InChI is InChI=1S/C24H42.C10H20/c1-4-17-13-14-18-9-6-7-11-21(18)23(17)24-20(5-2)16(3)15-19-10-8-12-22(19)24;1-10-8-6-4-2-3-5-7-9-10/h16-24H,4-15H2,1-3H3;10H,2-9H2,1H3. The molecule has 0 aromatic rings. The molecule has 0 bridgehead atoms. The lowest BCUT2D eigenvalue weighted by Crippen LogP contribution is -2.49. The van der Waals surface area contributed by atoms with Crippen LogP contribution in [-0.2, 0) is 0 Å². The zero-order valence-electron chi connectivity index (χ0n) is 23.9. The van der Waals surface area contributed by atoms with E-state index in [4.69, 9.17) is 0 Å². The van der Waals surface area contributed by atoms with E-state index < -0.39 is 0 Å². The number of hydrogen-bond donors (Lipinski definition) is 0. The fourth-order valence-electron chi connectivity index (χ4n) is 10.4. The van der Waals surface area contributed by atoms with Crippen molar-refractivity contribution < 1.29 is 0 Å². The van der Waals surface area contributed by atoms with E-state index in [-0.39, 0.29) is 0 Å². The molecule has 5 rings (SSSR count). The Kier molecular flexibility index (Phi) is 10.8. The first-order valence-corrected chi connectivity index (χ1v) is 16.6. The second-order valence-electron chi connectivity index (χ2n) is 14.1. The van der Waals surface area contributed by atoms with E-state index in [0.717, 1.165) is 59.2 Å². The lowest BCUT2D eigenvalue weighted by molar-refractivity contribution is -0.0696. The summed E-state index contributed by atoms with van der Waals surface area (Å²) in [5.41, 5.74) is 0. The average molecular weight is 471 g/mol. The number of fused-ring (bicyclic) bond motifs is 2. The molecule has 0 spiro atoms. The third-order valence-corrected chi connectivity index (χ3v) is 12.1. The van der Waals surface area contributed by atoms with Gasteiger partial charge in [0, 0.05) is 0 Å². The van der Waals surface area contributed by atoms with E-state index in [0.29, 0.717) is 0 Å². The molecule has 5 aliphatic carbocycles. The molecule has 0 nitrogen and oxygen atoms in total. The van der Waals surface area contributed by atoms with Gasteiger partial charge in [-0.05, 0) is 91.3 Å². The Balaban J connectivity index is 0.000000231. The third kappa shape index (κ3) is 6.46.